The number of aliphatic carboxylic acids is 1. The molecule has 0 aromatic heterocycles. The molecule has 1 heterocycles. The van der Waals surface area contributed by atoms with E-state index in [4.69, 9.17) is 5.11 Å². The molecule has 0 bridgehead atoms. The van der Waals surface area contributed by atoms with Crippen molar-refractivity contribution in [3.8, 4) is 0 Å². The molecule has 0 spiro atoms. The van der Waals surface area contributed by atoms with E-state index in [0.717, 1.165) is 13.1 Å². The van der Waals surface area contributed by atoms with Crippen molar-refractivity contribution in [1.29, 1.82) is 0 Å². The fourth-order valence-corrected chi connectivity index (χ4v) is 1.86. The van der Waals surface area contributed by atoms with Crippen LogP contribution in [-0.2, 0) is 4.79 Å². The Bertz CT molecular complexity index is 277. The lowest BCUT2D eigenvalue weighted by Crippen LogP contribution is -2.48. The maximum atomic E-state index is 11.4. The Morgan fingerprint density at radius 1 is 1.29 bits per heavy atom. The monoisotopic (exact) mass is 243 g/mol. The van der Waals surface area contributed by atoms with E-state index in [1.807, 2.05) is 0 Å². The van der Waals surface area contributed by atoms with Gasteiger partial charge in [0.25, 0.3) is 0 Å². The number of amides is 2. The van der Waals surface area contributed by atoms with Gasteiger partial charge in [-0.15, -0.1) is 0 Å². The first-order valence-corrected chi connectivity index (χ1v) is 6.02. The second kappa shape index (κ2) is 6.44. The lowest BCUT2D eigenvalue weighted by molar-refractivity contribution is -0.138. The Kier molecular flexibility index (Phi) is 5.21. The molecule has 0 aromatic carbocycles. The van der Waals surface area contributed by atoms with Gasteiger partial charge in [-0.05, 0) is 39.8 Å². The molecule has 1 saturated heterocycles. The normalized spacial score (nSPS) is 19.6. The van der Waals surface area contributed by atoms with E-state index >= 15 is 0 Å². The third kappa shape index (κ3) is 4.60. The third-order valence-corrected chi connectivity index (χ3v) is 3.04. The van der Waals surface area contributed by atoms with Gasteiger partial charge in [-0.25, -0.2) is 4.79 Å². The molecule has 0 radical (unpaired) electrons. The number of carbonyl (C=O) groups excluding carboxylic acids is 1. The van der Waals surface area contributed by atoms with Crippen LogP contribution in [0.3, 0.4) is 0 Å². The molecule has 6 heteroatoms. The van der Waals surface area contributed by atoms with Gasteiger partial charge in [-0.3, -0.25) is 9.69 Å². The van der Waals surface area contributed by atoms with Crippen LogP contribution in [0.1, 0.15) is 26.7 Å². The van der Waals surface area contributed by atoms with Crippen LogP contribution in [0.2, 0.25) is 0 Å². The van der Waals surface area contributed by atoms with Crippen molar-refractivity contribution in [2.24, 2.45) is 0 Å². The fourth-order valence-electron chi connectivity index (χ4n) is 1.86. The molecule has 98 valence electrons. The van der Waals surface area contributed by atoms with Gasteiger partial charge >= 0.3 is 12.0 Å². The van der Waals surface area contributed by atoms with Crippen molar-refractivity contribution in [2.45, 2.75) is 38.8 Å². The lowest BCUT2D eigenvalue weighted by Gasteiger charge is -2.24. The van der Waals surface area contributed by atoms with Gasteiger partial charge in [0.05, 0.1) is 0 Å². The predicted octanol–water partition coefficient (Wildman–Crippen LogP) is 0.243. The molecule has 2 atom stereocenters. The van der Waals surface area contributed by atoms with Gasteiger partial charge < -0.3 is 15.7 Å². The smallest absolute Gasteiger partial charge is 0.325 e. The Labute approximate surface area is 101 Å². The minimum absolute atomic E-state index is 0.295. The maximum absolute atomic E-state index is 11.4. The van der Waals surface area contributed by atoms with Crippen LogP contribution in [0, 0.1) is 0 Å². The van der Waals surface area contributed by atoms with Crippen molar-refractivity contribution >= 4 is 12.0 Å². The van der Waals surface area contributed by atoms with Crippen molar-refractivity contribution < 1.29 is 14.7 Å². The number of hydrogen-bond donors (Lipinski definition) is 3. The SMILES string of the molecule is CC(CNC(=O)N[C@@H](C)C(=O)O)N1CCCC1. The topological polar surface area (TPSA) is 81.7 Å². The summed E-state index contributed by atoms with van der Waals surface area (Å²) in [5.41, 5.74) is 0. The Morgan fingerprint density at radius 2 is 1.88 bits per heavy atom. The average Bonchev–Trinajstić information content (AvgIpc) is 2.79. The number of carbonyl (C=O) groups is 2. The molecular weight excluding hydrogens is 222 g/mol. The quantitative estimate of drug-likeness (QED) is 0.646. The molecule has 1 aliphatic rings. The van der Waals surface area contributed by atoms with Crippen molar-refractivity contribution in [3.63, 3.8) is 0 Å². The van der Waals surface area contributed by atoms with E-state index in [2.05, 4.69) is 22.5 Å². The van der Waals surface area contributed by atoms with Crippen molar-refractivity contribution in [3.05, 3.63) is 0 Å². The second-order valence-electron chi connectivity index (χ2n) is 4.51. The van der Waals surface area contributed by atoms with Crippen LogP contribution in [0.4, 0.5) is 4.79 Å². The molecule has 1 rings (SSSR count). The van der Waals surface area contributed by atoms with Crippen LogP contribution in [0.25, 0.3) is 0 Å². The van der Waals surface area contributed by atoms with Gasteiger partial charge in [0, 0.05) is 12.6 Å². The molecule has 1 unspecified atom stereocenters. The highest BCUT2D eigenvalue weighted by Crippen LogP contribution is 2.10. The molecule has 0 aliphatic carbocycles. The zero-order chi connectivity index (χ0) is 12.8. The zero-order valence-corrected chi connectivity index (χ0v) is 10.4. The first-order valence-electron chi connectivity index (χ1n) is 6.02. The molecule has 0 aromatic rings. The number of nitrogens with one attached hydrogen (secondary N) is 2. The van der Waals surface area contributed by atoms with Crippen LogP contribution in [0.5, 0.6) is 0 Å². The minimum atomic E-state index is -1.03. The van der Waals surface area contributed by atoms with Crippen LogP contribution in [0.15, 0.2) is 0 Å². The van der Waals surface area contributed by atoms with E-state index in [0.29, 0.717) is 12.6 Å². The van der Waals surface area contributed by atoms with Gasteiger partial charge in [0.1, 0.15) is 6.04 Å². The van der Waals surface area contributed by atoms with Gasteiger partial charge in [0.15, 0.2) is 0 Å². The minimum Gasteiger partial charge on any atom is -0.480 e. The summed E-state index contributed by atoms with van der Waals surface area (Å²) in [6, 6.07) is -0.994. The lowest BCUT2D eigenvalue weighted by atomic mass is 10.3. The van der Waals surface area contributed by atoms with Crippen molar-refractivity contribution in [2.75, 3.05) is 19.6 Å². The van der Waals surface area contributed by atoms with Gasteiger partial charge in [0.2, 0.25) is 0 Å². The summed E-state index contributed by atoms with van der Waals surface area (Å²) in [6.07, 6.45) is 2.43. The van der Waals surface area contributed by atoms with Gasteiger partial charge in [-0.2, -0.15) is 0 Å². The summed E-state index contributed by atoms with van der Waals surface area (Å²) in [7, 11) is 0. The van der Waals surface area contributed by atoms with E-state index in [1.165, 1.54) is 19.8 Å². The molecular formula is C11H21N3O3. The first-order chi connectivity index (χ1) is 8.00. The molecule has 1 aliphatic heterocycles. The van der Waals surface area contributed by atoms with Crippen LogP contribution in [-0.4, -0.2) is 53.7 Å². The highest BCUT2D eigenvalue weighted by molar-refractivity contribution is 5.82. The molecule has 0 saturated carbocycles. The Balaban J connectivity index is 2.20. The average molecular weight is 243 g/mol. The summed E-state index contributed by atoms with van der Waals surface area (Å²) in [4.78, 5) is 24.2. The third-order valence-electron chi connectivity index (χ3n) is 3.04. The van der Waals surface area contributed by atoms with Crippen LogP contribution >= 0.6 is 0 Å². The number of rotatable bonds is 5. The highest BCUT2D eigenvalue weighted by atomic mass is 16.4. The zero-order valence-electron chi connectivity index (χ0n) is 10.4. The van der Waals surface area contributed by atoms with E-state index in [-0.39, 0.29) is 0 Å². The molecule has 2 amide bonds. The van der Waals surface area contributed by atoms with E-state index < -0.39 is 18.0 Å². The molecule has 6 nitrogen and oxygen atoms in total. The van der Waals surface area contributed by atoms with E-state index in [9.17, 15) is 9.59 Å². The number of urea groups is 1. The molecule has 1 fully saturated rings. The summed E-state index contributed by atoms with van der Waals surface area (Å²) >= 11 is 0. The maximum Gasteiger partial charge on any atom is 0.325 e. The number of hydrogen-bond acceptors (Lipinski definition) is 3. The van der Waals surface area contributed by atoms with Gasteiger partial charge in [-0.1, -0.05) is 0 Å². The summed E-state index contributed by atoms with van der Waals surface area (Å²) in [5.74, 6) is -1.03. The molecule has 3 N–H and O–H groups in total. The highest BCUT2D eigenvalue weighted by Gasteiger charge is 2.19. The number of nitrogens with zero attached hydrogens (tertiary/aromatic N) is 1. The second-order valence-corrected chi connectivity index (χ2v) is 4.51. The van der Waals surface area contributed by atoms with E-state index in [1.54, 1.807) is 0 Å². The predicted molar refractivity (Wildman–Crippen MR) is 63.9 cm³/mol. The number of carboxylic acid groups (broad SMARTS) is 1. The summed E-state index contributed by atoms with van der Waals surface area (Å²) in [5, 5.41) is 13.7. The Morgan fingerprint density at radius 3 is 2.41 bits per heavy atom. The summed E-state index contributed by atoms with van der Waals surface area (Å²) in [6.45, 7) is 6.20. The summed E-state index contributed by atoms with van der Waals surface area (Å²) < 4.78 is 0. The number of likely N-dealkylation sites (tertiary alicyclic amines) is 1. The fraction of sp³-hybridized carbons (Fsp3) is 0.818. The Hall–Kier alpha value is -1.30. The first kappa shape index (κ1) is 13.8. The van der Waals surface area contributed by atoms with Crippen LogP contribution < -0.4 is 10.6 Å². The molecule has 17 heavy (non-hydrogen) atoms. The standard InChI is InChI=1S/C11H21N3O3/c1-8(14-5-3-4-6-14)7-12-11(17)13-9(2)10(15)16/h8-9H,3-7H2,1-2H3,(H,15,16)(H2,12,13,17)/t8?,9-/m0/s1. The number of carboxylic acids is 1. The van der Waals surface area contributed by atoms with Crippen molar-refractivity contribution in [1.82, 2.24) is 15.5 Å². The largest absolute Gasteiger partial charge is 0.480 e.